The Kier molecular flexibility index (Phi) is 3.02. The number of rotatable bonds is 4. The molecule has 70 valence electrons. The molecule has 0 atom stereocenters. The van der Waals surface area contributed by atoms with E-state index in [0.717, 1.165) is 0 Å². The summed E-state index contributed by atoms with van der Waals surface area (Å²) < 4.78 is 0. The molecule has 1 heterocycles. The van der Waals surface area contributed by atoms with E-state index in [2.05, 4.69) is 20.6 Å². The van der Waals surface area contributed by atoms with Crippen LogP contribution in [0.5, 0.6) is 0 Å². The van der Waals surface area contributed by atoms with E-state index in [9.17, 15) is 4.79 Å². The summed E-state index contributed by atoms with van der Waals surface area (Å²) in [6.45, 7) is 0.0574. The van der Waals surface area contributed by atoms with Crippen LogP contribution in [0, 0.1) is 0 Å². The van der Waals surface area contributed by atoms with Gasteiger partial charge in [0, 0.05) is 7.05 Å². The molecular weight excluding hydrogens is 170 g/mol. The number of carbonyl (C=O) groups is 1. The lowest BCUT2D eigenvalue weighted by Crippen LogP contribution is -2.22. The first-order chi connectivity index (χ1) is 6.22. The molecule has 4 N–H and O–H groups in total. The third-order valence-electron chi connectivity index (χ3n) is 1.33. The van der Waals surface area contributed by atoms with Crippen molar-refractivity contribution in [3.63, 3.8) is 0 Å². The summed E-state index contributed by atoms with van der Waals surface area (Å²) in [5.41, 5.74) is 4.95. The maximum Gasteiger partial charge on any atom is 0.236 e. The Labute approximate surface area is 75.6 Å². The second kappa shape index (κ2) is 4.24. The Bertz CT molecular complexity index is 301. The van der Waals surface area contributed by atoms with Crippen LogP contribution in [0.1, 0.15) is 0 Å². The van der Waals surface area contributed by atoms with Gasteiger partial charge in [0.05, 0.1) is 18.9 Å². The van der Waals surface area contributed by atoms with Gasteiger partial charge in [0.1, 0.15) is 11.6 Å². The number of nitrogens with two attached hydrogens (primary N) is 1. The SMILES string of the molecule is CNc1cncc(NCC(N)=O)n1. The van der Waals surface area contributed by atoms with Crippen LogP contribution in [0.3, 0.4) is 0 Å². The Morgan fingerprint density at radius 2 is 2.23 bits per heavy atom. The van der Waals surface area contributed by atoms with E-state index in [1.165, 1.54) is 6.20 Å². The van der Waals surface area contributed by atoms with Gasteiger partial charge in [-0.05, 0) is 0 Å². The number of nitrogens with zero attached hydrogens (tertiary/aromatic N) is 2. The third-order valence-corrected chi connectivity index (χ3v) is 1.33. The first-order valence-corrected chi connectivity index (χ1v) is 3.74. The molecule has 1 aromatic rings. The van der Waals surface area contributed by atoms with Crippen LogP contribution in [0.25, 0.3) is 0 Å². The van der Waals surface area contributed by atoms with E-state index in [0.29, 0.717) is 11.6 Å². The van der Waals surface area contributed by atoms with E-state index in [-0.39, 0.29) is 6.54 Å². The van der Waals surface area contributed by atoms with Crippen LogP contribution in [0.2, 0.25) is 0 Å². The monoisotopic (exact) mass is 181 g/mol. The molecule has 6 nitrogen and oxygen atoms in total. The maximum absolute atomic E-state index is 10.4. The number of anilines is 2. The molecule has 0 spiro atoms. The number of aromatic nitrogens is 2. The molecule has 0 radical (unpaired) electrons. The van der Waals surface area contributed by atoms with Gasteiger partial charge in [-0.25, -0.2) is 4.98 Å². The van der Waals surface area contributed by atoms with Crippen molar-refractivity contribution < 1.29 is 4.79 Å². The number of amides is 1. The summed E-state index contributed by atoms with van der Waals surface area (Å²) in [5, 5.41) is 5.56. The zero-order chi connectivity index (χ0) is 9.68. The molecule has 0 aromatic carbocycles. The Morgan fingerprint density at radius 1 is 1.54 bits per heavy atom. The number of hydrogen-bond acceptors (Lipinski definition) is 5. The minimum Gasteiger partial charge on any atom is -0.372 e. The highest BCUT2D eigenvalue weighted by Gasteiger charge is 1.97. The lowest BCUT2D eigenvalue weighted by molar-refractivity contribution is -0.116. The van der Waals surface area contributed by atoms with Crippen LogP contribution < -0.4 is 16.4 Å². The van der Waals surface area contributed by atoms with Crippen molar-refractivity contribution in [3.8, 4) is 0 Å². The number of primary amides is 1. The molecule has 0 aliphatic rings. The van der Waals surface area contributed by atoms with Gasteiger partial charge < -0.3 is 16.4 Å². The summed E-state index contributed by atoms with van der Waals surface area (Å²) in [6.07, 6.45) is 3.10. The fourth-order valence-electron chi connectivity index (χ4n) is 0.749. The number of hydrogen-bond donors (Lipinski definition) is 3. The number of nitrogens with one attached hydrogen (secondary N) is 2. The summed E-state index contributed by atoms with van der Waals surface area (Å²) in [4.78, 5) is 18.4. The molecule has 1 rings (SSSR count). The van der Waals surface area contributed by atoms with Crippen molar-refractivity contribution in [3.05, 3.63) is 12.4 Å². The zero-order valence-corrected chi connectivity index (χ0v) is 7.24. The highest BCUT2D eigenvalue weighted by molar-refractivity contribution is 5.78. The predicted octanol–water partition coefficient (Wildman–Crippen LogP) is -0.585. The van der Waals surface area contributed by atoms with Gasteiger partial charge in [0.2, 0.25) is 5.91 Å². The summed E-state index contributed by atoms with van der Waals surface area (Å²) >= 11 is 0. The van der Waals surface area contributed by atoms with Gasteiger partial charge in [-0.3, -0.25) is 9.78 Å². The molecule has 0 unspecified atom stereocenters. The first-order valence-electron chi connectivity index (χ1n) is 3.74. The van der Waals surface area contributed by atoms with Gasteiger partial charge in [0.15, 0.2) is 0 Å². The normalized spacial score (nSPS) is 9.31. The largest absolute Gasteiger partial charge is 0.372 e. The predicted molar refractivity (Wildman–Crippen MR) is 49.3 cm³/mol. The van der Waals surface area contributed by atoms with E-state index in [1.54, 1.807) is 13.2 Å². The molecule has 0 aliphatic carbocycles. The third kappa shape index (κ3) is 2.94. The molecule has 0 saturated carbocycles. The zero-order valence-electron chi connectivity index (χ0n) is 7.24. The second-order valence-corrected chi connectivity index (χ2v) is 2.36. The van der Waals surface area contributed by atoms with Crippen LogP contribution in [0.15, 0.2) is 12.4 Å². The van der Waals surface area contributed by atoms with Gasteiger partial charge in [0.25, 0.3) is 0 Å². The standard InChI is InChI=1S/C7H11N5O/c1-9-6-3-10-4-7(12-6)11-2-5(8)13/h3-4H,2H2,1H3,(H2,8,13)(H2,9,11,12). The fraction of sp³-hybridized carbons (Fsp3) is 0.286. The molecule has 0 bridgehead atoms. The highest BCUT2D eigenvalue weighted by Crippen LogP contribution is 2.04. The quantitative estimate of drug-likeness (QED) is 0.577. The Balaban J connectivity index is 2.61. The van der Waals surface area contributed by atoms with Crippen molar-refractivity contribution in [2.75, 3.05) is 24.2 Å². The molecule has 1 aromatic heterocycles. The average Bonchev–Trinajstić information content (AvgIpc) is 2.15. The van der Waals surface area contributed by atoms with E-state index < -0.39 is 5.91 Å². The van der Waals surface area contributed by atoms with Crippen molar-refractivity contribution >= 4 is 17.5 Å². The number of carbonyl (C=O) groups excluding carboxylic acids is 1. The Morgan fingerprint density at radius 3 is 2.85 bits per heavy atom. The molecule has 0 aliphatic heterocycles. The first kappa shape index (κ1) is 9.24. The topological polar surface area (TPSA) is 92.9 Å². The fourth-order valence-corrected chi connectivity index (χ4v) is 0.749. The van der Waals surface area contributed by atoms with Crippen molar-refractivity contribution in [1.29, 1.82) is 0 Å². The van der Waals surface area contributed by atoms with Crippen LogP contribution in [-0.2, 0) is 4.79 Å². The second-order valence-electron chi connectivity index (χ2n) is 2.36. The van der Waals surface area contributed by atoms with Gasteiger partial charge >= 0.3 is 0 Å². The minimum absolute atomic E-state index is 0.0574. The van der Waals surface area contributed by atoms with Crippen molar-refractivity contribution in [2.24, 2.45) is 5.73 Å². The van der Waals surface area contributed by atoms with Crippen LogP contribution in [0.4, 0.5) is 11.6 Å². The van der Waals surface area contributed by atoms with E-state index in [1.807, 2.05) is 0 Å². The average molecular weight is 181 g/mol. The maximum atomic E-state index is 10.4. The molecule has 0 saturated heterocycles. The summed E-state index contributed by atoms with van der Waals surface area (Å²) in [5.74, 6) is 0.719. The molecule has 6 heteroatoms. The van der Waals surface area contributed by atoms with Crippen molar-refractivity contribution in [2.45, 2.75) is 0 Å². The van der Waals surface area contributed by atoms with E-state index in [4.69, 9.17) is 5.73 Å². The Hall–Kier alpha value is -1.85. The molecule has 0 fully saturated rings. The van der Waals surface area contributed by atoms with Crippen LogP contribution in [-0.4, -0.2) is 29.5 Å². The highest BCUT2D eigenvalue weighted by atomic mass is 16.1. The lowest BCUT2D eigenvalue weighted by atomic mass is 10.5. The summed E-state index contributed by atoms with van der Waals surface area (Å²) in [7, 11) is 1.74. The summed E-state index contributed by atoms with van der Waals surface area (Å²) in [6, 6.07) is 0. The van der Waals surface area contributed by atoms with Crippen molar-refractivity contribution in [1.82, 2.24) is 9.97 Å². The smallest absolute Gasteiger partial charge is 0.236 e. The molecular formula is C7H11N5O. The lowest BCUT2D eigenvalue weighted by Gasteiger charge is -2.03. The molecule has 13 heavy (non-hydrogen) atoms. The minimum atomic E-state index is -0.434. The van der Waals surface area contributed by atoms with E-state index >= 15 is 0 Å². The van der Waals surface area contributed by atoms with Gasteiger partial charge in [-0.1, -0.05) is 0 Å². The van der Waals surface area contributed by atoms with Gasteiger partial charge in [-0.2, -0.15) is 0 Å². The van der Waals surface area contributed by atoms with Crippen LogP contribution >= 0.6 is 0 Å². The molecule has 1 amide bonds. The van der Waals surface area contributed by atoms with Gasteiger partial charge in [-0.15, -0.1) is 0 Å².